The summed E-state index contributed by atoms with van der Waals surface area (Å²) in [5.74, 6) is 2.01. The Morgan fingerprint density at radius 3 is 2.78 bits per heavy atom. The lowest BCUT2D eigenvalue weighted by molar-refractivity contribution is 0.557. The Morgan fingerprint density at radius 1 is 1.44 bits per heavy atom. The van der Waals surface area contributed by atoms with Crippen LogP contribution in [0.15, 0.2) is 29.2 Å². The summed E-state index contributed by atoms with van der Waals surface area (Å²) in [6, 6.07) is 6.25. The number of nitrogen functional groups attached to an aromatic ring is 1. The standard InChI is InChI=1S/C12H20N2O2S2/c1-3-17-8-7-10(2)14-18(15,16)12-6-4-5-11(13)9-12/h4-6,9-10,14H,3,7-8,13H2,1-2H3. The van der Waals surface area contributed by atoms with Gasteiger partial charge in [-0.2, -0.15) is 11.8 Å². The normalized spacial score (nSPS) is 13.4. The van der Waals surface area contributed by atoms with Crippen LogP contribution in [0.25, 0.3) is 0 Å². The Morgan fingerprint density at radius 2 is 2.17 bits per heavy atom. The van der Waals surface area contributed by atoms with E-state index < -0.39 is 10.0 Å². The molecule has 0 aliphatic heterocycles. The summed E-state index contributed by atoms with van der Waals surface area (Å²) in [4.78, 5) is 0.220. The molecule has 0 fully saturated rings. The van der Waals surface area contributed by atoms with Gasteiger partial charge in [-0.3, -0.25) is 0 Å². The number of anilines is 1. The molecule has 0 spiro atoms. The van der Waals surface area contributed by atoms with E-state index in [0.717, 1.165) is 17.9 Å². The predicted octanol–water partition coefficient (Wildman–Crippen LogP) is 2.08. The first-order chi connectivity index (χ1) is 8.45. The summed E-state index contributed by atoms with van der Waals surface area (Å²) < 4.78 is 26.8. The Labute approximate surface area is 113 Å². The first kappa shape index (κ1) is 15.3. The molecule has 18 heavy (non-hydrogen) atoms. The van der Waals surface area contributed by atoms with Crippen molar-refractivity contribution in [1.82, 2.24) is 4.72 Å². The van der Waals surface area contributed by atoms with E-state index in [1.165, 1.54) is 6.07 Å². The average molecular weight is 288 g/mol. The average Bonchev–Trinajstić information content (AvgIpc) is 2.28. The van der Waals surface area contributed by atoms with Gasteiger partial charge < -0.3 is 5.73 Å². The van der Waals surface area contributed by atoms with Crippen molar-refractivity contribution in [1.29, 1.82) is 0 Å². The Balaban J connectivity index is 2.64. The molecule has 4 nitrogen and oxygen atoms in total. The molecule has 1 atom stereocenters. The van der Waals surface area contributed by atoms with Crippen molar-refractivity contribution in [3.63, 3.8) is 0 Å². The number of nitrogens with one attached hydrogen (secondary N) is 1. The molecule has 0 aliphatic carbocycles. The van der Waals surface area contributed by atoms with Gasteiger partial charge in [0.2, 0.25) is 10.0 Å². The smallest absolute Gasteiger partial charge is 0.240 e. The lowest BCUT2D eigenvalue weighted by Gasteiger charge is -2.14. The van der Waals surface area contributed by atoms with E-state index in [9.17, 15) is 8.42 Å². The SMILES string of the molecule is CCSCCC(C)NS(=O)(=O)c1cccc(N)c1. The molecule has 0 saturated heterocycles. The zero-order chi connectivity index (χ0) is 13.6. The van der Waals surface area contributed by atoms with Crippen LogP contribution in [0.4, 0.5) is 5.69 Å². The van der Waals surface area contributed by atoms with Gasteiger partial charge in [-0.25, -0.2) is 13.1 Å². The largest absolute Gasteiger partial charge is 0.399 e. The summed E-state index contributed by atoms with van der Waals surface area (Å²) in [6.45, 7) is 3.96. The summed E-state index contributed by atoms with van der Waals surface area (Å²) >= 11 is 1.81. The monoisotopic (exact) mass is 288 g/mol. The van der Waals surface area contributed by atoms with Crippen molar-refractivity contribution in [3.8, 4) is 0 Å². The maximum atomic E-state index is 12.1. The summed E-state index contributed by atoms with van der Waals surface area (Å²) in [7, 11) is -3.46. The summed E-state index contributed by atoms with van der Waals surface area (Å²) in [5.41, 5.74) is 6.04. The molecule has 0 bridgehead atoms. The topological polar surface area (TPSA) is 72.2 Å². The number of thioether (sulfide) groups is 1. The van der Waals surface area contributed by atoms with Crippen LogP contribution in [-0.4, -0.2) is 26.0 Å². The van der Waals surface area contributed by atoms with Crippen LogP contribution < -0.4 is 10.5 Å². The molecule has 0 heterocycles. The molecule has 1 unspecified atom stereocenters. The highest BCUT2D eigenvalue weighted by atomic mass is 32.2. The van der Waals surface area contributed by atoms with Gasteiger partial charge in [-0.15, -0.1) is 0 Å². The Bertz CT molecular complexity index is 475. The molecule has 1 aromatic carbocycles. The van der Waals surface area contributed by atoms with E-state index in [-0.39, 0.29) is 10.9 Å². The number of hydrogen-bond acceptors (Lipinski definition) is 4. The highest BCUT2D eigenvalue weighted by Gasteiger charge is 2.17. The van der Waals surface area contributed by atoms with Crippen molar-refractivity contribution in [3.05, 3.63) is 24.3 Å². The van der Waals surface area contributed by atoms with Crippen molar-refractivity contribution in [2.24, 2.45) is 0 Å². The lowest BCUT2D eigenvalue weighted by atomic mass is 10.3. The van der Waals surface area contributed by atoms with Gasteiger partial charge in [0.05, 0.1) is 4.90 Å². The van der Waals surface area contributed by atoms with E-state index in [2.05, 4.69) is 11.6 Å². The molecule has 0 aromatic heterocycles. The lowest BCUT2D eigenvalue weighted by Crippen LogP contribution is -2.33. The second-order valence-electron chi connectivity index (χ2n) is 4.08. The number of sulfonamides is 1. The molecule has 1 rings (SSSR count). The number of hydrogen-bond donors (Lipinski definition) is 2. The molecule has 102 valence electrons. The summed E-state index contributed by atoms with van der Waals surface area (Å²) in [6.07, 6.45) is 0.819. The van der Waals surface area contributed by atoms with E-state index in [0.29, 0.717) is 5.69 Å². The second-order valence-corrected chi connectivity index (χ2v) is 7.19. The van der Waals surface area contributed by atoms with Gasteiger partial charge >= 0.3 is 0 Å². The van der Waals surface area contributed by atoms with E-state index in [1.54, 1.807) is 30.0 Å². The van der Waals surface area contributed by atoms with Crippen molar-refractivity contribution in [2.45, 2.75) is 31.2 Å². The third-order valence-corrected chi connectivity index (χ3v) is 4.94. The molecule has 0 aliphatic rings. The Hall–Kier alpha value is -0.720. The highest BCUT2D eigenvalue weighted by Crippen LogP contribution is 2.14. The fraction of sp³-hybridized carbons (Fsp3) is 0.500. The molecule has 0 saturated carbocycles. The maximum Gasteiger partial charge on any atom is 0.240 e. The van der Waals surface area contributed by atoms with Crippen LogP contribution in [0.3, 0.4) is 0 Å². The number of nitrogens with two attached hydrogens (primary N) is 1. The van der Waals surface area contributed by atoms with Crippen molar-refractivity contribution >= 4 is 27.5 Å². The minimum absolute atomic E-state index is 0.0736. The number of rotatable bonds is 7. The van der Waals surface area contributed by atoms with Crippen molar-refractivity contribution in [2.75, 3.05) is 17.2 Å². The van der Waals surface area contributed by atoms with Crippen LogP contribution in [0.1, 0.15) is 20.3 Å². The third kappa shape index (κ3) is 4.88. The van der Waals surface area contributed by atoms with E-state index in [4.69, 9.17) is 5.73 Å². The molecule has 0 radical (unpaired) electrons. The first-order valence-electron chi connectivity index (χ1n) is 5.91. The van der Waals surface area contributed by atoms with E-state index >= 15 is 0 Å². The fourth-order valence-corrected chi connectivity index (χ4v) is 3.62. The van der Waals surface area contributed by atoms with Crippen LogP contribution in [0.5, 0.6) is 0 Å². The molecular formula is C12H20N2O2S2. The molecular weight excluding hydrogens is 268 g/mol. The van der Waals surface area contributed by atoms with Gasteiger partial charge in [-0.05, 0) is 43.0 Å². The minimum Gasteiger partial charge on any atom is -0.399 e. The van der Waals surface area contributed by atoms with Gasteiger partial charge in [0.1, 0.15) is 0 Å². The number of benzene rings is 1. The highest BCUT2D eigenvalue weighted by molar-refractivity contribution is 7.99. The summed E-state index contributed by atoms with van der Waals surface area (Å²) in [5, 5.41) is 0. The maximum absolute atomic E-state index is 12.1. The fourth-order valence-electron chi connectivity index (χ4n) is 1.48. The van der Waals surface area contributed by atoms with Gasteiger partial charge in [0.25, 0.3) is 0 Å². The Kier molecular flexibility index (Phi) is 5.98. The van der Waals surface area contributed by atoms with Crippen LogP contribution in [0.2, 0.25) is 0 Å². The molecule has 3 N–H and O–H groups in total. The zero-order valence-electron chi connectivity index (χ0n) is 10.7. The molecule has 0 amide bonds. The van der Waals surface area contributed by atoms with Crippen molar-refractivity contribution < 1.29 is 8.42 Å². The minimum atomic E-state index is -3.46. The van der Waals surface area contributed by atoms with Gasteiger partial charge in [-0.1, -0.05) is 13.0 Å². The molecule has 6 heteroatoms. The van der Waals surface area contributed by atoms with Crippen LogP contribution >= 0.6 is 11.8 Å². The van der Waals surface area contributed by atoms with Crippen LogP contribution in [0, 0.1) is 0 Å². The third-order valence-electron chi connectivity index (χ3n) is 2.42. The van der Waals surface area contributed by atoms with Gasteiger partial charge in [0, 0.05) is 11.7 Å². The first-order valence-corrected chi connectivity index (χ1v) is 8.55. The quantitative estimate of drug-likeness (QED) is 0.595. The zero-order valence-corrected chi connectivity index (χ0v) is 12.4. The van der Waals surface area contributed by atoms with Gasteiger partial charge in [0.15, 0.2) is 0 Å². The van der Waals surface area contributed by atoms with E-state index in [1.807, 2.05) is 6.92 Å². The second kappa shape index (κ2) is 7.01. The molecule has 1 aromatic rings. The van der Waals surface area contributed by atoms with Crippen LogP contribution in [-0.2, 0) is 10.0 Å². The predicted molar refractivity (Wildman–Crippen MR) is 78.3 cm³/mol.